The van der Waals surface area contributed by atoms with Crippen LogP contribution in [0.4, 0.5) is 8.78 Å². The SMILES string of the molecule is CC(=O)[C@H](C)Oc1ccc(F)cc1-c1ccc(S(=O)(=O)c2ccccc2)c(F)c1. The Hall–Kier alpha value is -3.06. The summed E-state index contributed by atoms with van der Waals surface area (Å²) in [5.41, 5.74) is 0.431. The topological polar surface area (TPSA) is 60.4 Å². The highest BCUT2D eigenvalue weighted by molar-refractivity contribution is 7.91. The van der Waals surface area contributed by atoms with E-state index in [1.54, 1.807) is 25.1 Å². The molecular formula is C22H18F2O4S. The van der Waals surface area contributed by atoms with E-state index < -0.39 is 32.5 Å². The summed E-state index contributed by atoms with van der Waals surface area (Å²) >= 11 is 0. The fourth-order valence-electron chi connectivity index (χ4n) is 2.72. The summed E-state index contributed by atoms with van der Waals surface area (Å²) in [6.45, 7) is 2.91. The van der Waals surface area contributed by atoms with Crippen LogP contribution in [0.15, 0.2) is 76.5 Å². The van der Waals surface area contributed by atoms with Gasteiger partial charge in [-0.25, -0.2) is 17.2 Å². The number of halogens is 2. The maximum atomic E-state index is 14.8. The molecule has 0 unspecified atom stereocenters. The average Bonchev–Trinajstić information content (AvgIpc) is 2.69. The molecule has 0 aliphatic carbocycles. The molecule has 0 amide bonds. The van der Waals surface area contributed by atoms with E-state index in [4.69, 9.17) is 4.74 Å². The Balaban J connectivity index is 2.06. The molecule has 4 nitrogen and oxygen atoms in total. The predicted octanol–water partition coefficient (Wildman–Crippen LogP) is 4.82. The van der Waals surface area contributed by atoms with Crippen LogP contribution in [0.25, 0.3) is 11.1 Å². The molecule has 3 rings (SSSR count). The van der Waals surface area contributed by atoms with E-state index in [1.807, 2.05) is 0 Å². The number of benzene rings is 3. The van der Waals surface area contributed by atoms with Crippen molar-refractivity contribution in [2.75, 3.05) is 0 Å². The molecule has 0 fully saturated rings. The van der Waals surface area contributed by atoms with Crippen molar-refractivity contribution in [3.05, 3.63) is 78.4 Å². The fourth-order valence-corrected chi connectivity index (χ4v) is 4.05. The van der Waals surface area contributed by atoms with Crippen LogP contribution < -0.4 is 4.74 Å². The van der Waals surface area contributed by atoms with Crippen molar-refractivity contribution in [1.82, 2.24) is 0 Å². The number of ketones is 1. The van der Waals surface area contributed by atoms with E-state index in [0.717, 1.165) is 24.3 Å². The van der Waals surface area contributed by atoms with Crippen molar-refractivity contribution in [2.24, 2.45) is 0 Å². The zero-order chi connectivity index (χ0) is 21.2. The number of carbonyl (C=O) groups excluding carboxylic acids is 1. The quantitative estimate of drug-likeness (QED) is 0.578. The minimum Gasteiger partial charge on any atom is -0.482 e. The first kappa shape index (κ1) is 20.7. The van der Waals surface area contributed by atoms with Gasteiger partial charge in [-0.2, -0.15) is 0 Å². The summed E-state index contributed by atoms with van der Waals surface area (Å²) < 4.78 is 59.5. The van der Waals surface area contributed by atoms with Gasteiger partial charge in [0.25, 0.3) is 0 Å². The number of hydrogen-bond acceptors (Lipinski definition) is 4. The molecule has 0 heterocycles. The van der Waals surface area contributed by atoms with Crippen LogP contribution in [0.3, 0.4) is 0 Å². The molecule has 29 heavy (non-hydrogen) atoms. The maximum Gasteiger partial charge on any atom is 0.209 e. The van der Waals surface area contributed by atoms with E-state index in [2.05, 4.69) is 0 Å². The molecule has 0 N–H and O–H groups in total. The second-order valence-corrected chi connectivity index (χ2v) is 8.39. The molecule has 1 atom stereocenters. The number of sulfone groups is 1. The van der Waals surface area contributed by atoms with E-state index in [1.165, 1.54) is 31.2 Å². The molecule has 0 bridgehead atoms. The van der Waals surface area contributed by atoms with E-state index in [9.17, 15) is 22.0 Å². The van der Waals surface area contributed by atoms with Gasteiger partial charge in [0.1, 0.15) is 22.3 Å². The third-order valence-electron chi connectivity index (χ3n) is 4.40. The summed E-state index contributed by atoms with van der Waals surface area (Å²) in [7, 11) is -4.04. The molecule has 0 aliphatic heterocycles. The minimum absolute atomic E-state index is 0.0308. The average molecular weight is 416 g/mol. The first-order chi connectivity index (χ1) is 13.7. The fraction of sp³-hybridized carbons (Fsp3) is 0.136. The third-order valence-corrected chi connectivity index (χ3v) is 6.21. The standard InChI is InChI=1S/C22H18F2O4S/c1-14(25)15(2)28-21-10-9-17(23)13-19(21)16-8-11-22(20(24)12-16)29(26,27)18-6-4-3-5-7-18/h3-13,15H,1-2H3/t15-/m0/s1. The number of ether oxygens (including phenoxy) is 1. The monoisotopic (exact) mass is 416 g/mol. The Morgan fingerprint density at radius 2 is 1.66 bits per heavy atom. The van der Waals surface area contributed by atoms with Crippen LogP contribution in [0.2, 0.25) is 0 Å². The summed E-state index contributed by atoms with van der Waals surface area (Å²) in [5, 5.41) is 0. The molecule has 0 saturated carbocycles. The van der Waals surface area contributed by atoms with Crippen molar-refractivity contribution in [3.8, 4) is 16.9 Å². The van der Waals surface area contributed by atoms with Crippen LogP contribution in [-0.2, 0) is 14.6 Å². The summed E-state index contributed by atoms with van der Waals surface area (Å²) in [6, 6.07) is 14.7. The van der Waals surface area contributed by atoms with Crippen LogP contribution in [0.1, 0.15) is 13.8 Å². The van der Waals surface area contributed by atoms with Gasteiger partial charge in [-0.1, -0.05) is 24.3 Å². The highest BCUT2D eigenvalue weighted by Crippen LogP contribution is 2.34. The van der Waals surface area contributed by atoms with Gasteiger partial charge in [0, 0.05) is 5.56 Å². The Labute approximate surface area is 167 Å². The molecule has 0 saturated heterocycles. The molecule has 3 aromatic rings. The van der Waals surface area contributed by atoms with E-state index in [0.29, 0.717) is 0 Å². The molecule has 7 heteroatoms. The second kappa shape index (κ2) is 8.13. The number of Topliss-reactive ketones (excluding diaryl/α,β-unsaturated/α-hetero) is 1. The molecule has 150 valence electrons. The van der Waals surface area contributed by atoms with E-state index >= 15 is 0 Å². The highest BCUT2D eigenvalue weighted by Gasteiger charge is 2.23. The van der Waals surface area contributed by atoms with E-state index in [-0.39, 0.29) is 27.6 Å². The van der Waals surface area contributed by atoms with Crippen molar-refractivity contribution in [1.29, 1.82) is 0 Å². The molecular weight excluding hydrogens is 398 g/mol. The Morgan fingerprint density at radius 1 is 0.966 bits per heavy atom. The highest BCUT2D eigenvalue weighted by atomic mass is 32.2. The van der Waals surface area contributed by atoms with Crippen LogP contribution >= 0.6 is 0 Å². The van der Waals surface area contributed by atoms with Gasteiger partial charge in [0.05, 0.1) is 4.90 Å². The molecule has 3 aromatic carbocycles. The van der Waals surface area contributed by atoms with Crippen molar-refractivity contribution < 1.29 is 26.7 Å². The van der Waals surface area contributed by atoms with Crippen molar-refractivity contribution in [2.45, 2.75) is 29.7 Å². The third kappa shape index (κ3) is 4.35. The van der Waals surface area contributed by atoms with Gasteiger partial charge < -0.3 is 4.74 Å². The van der Waals surface area contributed by atoms with Crippen LogP contribution in [0, 0.1) is 11.6 Å². The zero-order valence-electron chi connectivity index (χ0n) is 15.7. The first-order valence-electron chi connectivity index (χ1n) is 8.77. The lowest BCUT2D eigenvalue weighted by atomic mass is 10.0. The Kier molecular flexibility index (Phi) is 5.79. The van der Waals surface area contributed by atoms with Crippen molar-refractivity contribution in [3.63, 3.8) is 0 Å². The maximum absolute atomic E-state index is 14.8. The van der Waals surface area contributed by atoms with Gasteiger partial charge in [0.15, 0.2) is 11.9 Å². The van der Waals surface area contributed by atoms with Gasteiger partial charge in [-0.05, 0) is 61.9 Å². The number of hydrogen-bond donors (Lipinski definition) is 0. The van der Waals surface area contributed by atoms with Gasteiger partial charge in [0.2, 0.25) is 9.84 Å². The lowest BCUT2D eigenvalue weighted by Gasteiger charge is -2.16. The summed E-state index contributed by atoms with van der Waals surface area (Å²) in [5.74, 6) is -1.59. The van der Waals surface area contributed by atoms with Gasteiger partial charge >= 0.3 is 0 Å². The Bertz CT molecular complexity index is 1160. The largest absolute Gasteiger partial charge is 0.482 e. The molecule has 0 aromatic heterocycles. The van der Waals surface area contributed by atoms with Crippen LogP contribution in [0.5, 0.6) is 5.75 Å². The van der Waals surface area contributed by atoms with Crippen molar-refractivity contribution >= 4 is 15.6 Å². The van der Waals surface area contributed by atoms with Gasteiger partial charge in [-0.15, -0.1) is 0 Å². The normalized spacial score (nSPS) is 12.4. The molecule has 0 spiro atoms. The minimum atomic E-state index is -4.04. The smallest absolute Gasteiger partial charge is 0.209 e. The molecule has 0 radical (unpaired) electrons. The number of rotatable bonds is 6. The first-order valence-corrected chi connectivity index (χ1v) is 10.2. The second-order valence-electron chi connectivity index (χ2n) is 6.47. The zero-order valence-corrected chi connectivity index (χ0v) is 16.5. The summed E-state index contributed by atoms with van der Waals surface area (Å²) in [6.07, 6.45) is -0.776. The number of carbonyl (C=O) groups is 1. The van der Waals surface area contributed by atoms with Gasteiger partial charge in [-0.3, -0.25) is 4.79 Å². The predicted molar refractivity (Wildman–Crippen MR) is 104 cm³/mol. The Morgan fingerprint density at radius 3 is 2.28 bits per heavy atom. The van der Waals surface area contributed by atoms with Crippen LogP contribution in [-0.4, -0.2) is 20.3 Å². The summed E-state index contributed by atoms with van der Waals surface area (Å²) in [4.78, 5) is 11.0. The molecule has 0 aliphatic rings. The lowest BCUT2D eigenvalue weighted by molar-refractivity contribution is -0.122. The lowest BCUT2D eigenvalue weighted by Crippen LogP contribution is -2.21.